The highest BCUT2D eigenvalue weighted by molar-refractivity contribution is 5.97. The van der Waals surface area contributed by atoms with Crippen LogP contribution in [0.15, 0.2) is 54.7 Å². The van der Waals surface area contributed by atoms with Crippen LogP contribution in [0, 0.1) is 17.6 Å². The average Bonchev–Trinajstić information content (AvgIpc) is 2.93. The normalized spacial score (nSPS) is 13.5. The molecule has 2 aromatic carbocycles. The van der Waals surface area contributed by atoms with Gasteiger partial charge in [0, 0.05) is 24.2 Å². The largest absolute Gasteiger partial charge is 0.503 e. The number of ether oxygens (including phenoxy) is 4. The molecule has 220 valence electrons. The van der Waals surface area contributed by atoms with Crippen LogP contribution in [0.4, 0.5) is 8.78 Å². The van der Waals surface area contributed by atoms with E-state index in [9.17, 15) is 23.5 Å². The third kappa shape index (κ3) is 7.84. The van der Waals surface area contributed by atoms with Crippen LogP contribution in [-0.4, -0.2) is 53.9 Å². The van der Waals surface area contributed by atoms with Gasteiger partial charge in [0.05, 0.1) is 14.2 Å². The van der Waals surface area contributed by atoms with Crippen LogP contribution < -0.4 is 19.5 Å². The fourth-order valence-electron chi connectivity index (χ4n) is 4.37. The molecule has 0 unspecified atom stereocenters. The summed E-state index contributed by atoms with van der Waals surface area (Å²) in [7, 11) is 2.88. The van der Waals surface area contributed by atoms with Crippen LogP contribution in [0.2, 0.25) is 0 Å². The molecule has 0 radical (unpaired) electrons. The molecular formula is C30H34F2N2O7. The lowest BCUT2D eigenvalue weighted by molar-refractivity contribution is -0.156. The molecule has 3 atom stereocenters. The number of methoxy groups -OCH3 is 2. The topological polar surface area (TPSA) is 116 Å². The molecule has 41 heavy (non-hydrogen) atoms. The summed E-state index contributed by atoms with van der Waals surface area (Å²) in [6, 6.07) is 10.6. The molecule has 3 rings (SSSR count). The Labute approximate surface area is 237 Å². The zero-order chi connectivity index (χ0) is 30.3. The quantitative estimate of drug-likeness (QED) is 0.296. The molecule has 11 heteroatoms. The smallest absolute Gasteiger partial charge is 0.328 e. The van der Waals surface area contributed by atoms with E-state index in [1.54, 1.807) is 40.0 Å². The maximum Gasteiger partial charge on any atom is 0.328 e. The number of pyridine rings is 1. The zero-order valence-corrected chi connectivity index (χ0v) is 23.7. The highest BCUT2D eigenvalue weighted by atomic mass is 19.1. The summed E-state index contributed by atoms with van der Waals surface area (Å²) in [4.78, 5) is 29.6. The minimum absolute atomic E-state index is 0.0511. The predicted octanol–water partition coefficient (Wildman–Crippen LogP) is 4.85. The number of benzene rings is 2. The fourth-order valence-corrected chi connectivity index (χ4v) is 4.37. The van der Waals surface area contributed by atoms with E-state index in [1.165, 1.54) is 32.4 Å². The molecule has 9 nitrogen and oxygen atoms in total. The van der Waals surface area contributed by atoms with E-state index in [4.69, 9.17) is 18.9 Å². The van der Waals surface area contributed by atoms with E-state index in [0.29, 0.717) is 12.2 Å². The van der Waals surface area contributed by atoms with E-state index >= 15 is 0 Å². The number of rotatable bonds is 12. The maximum absolute atomic E-state index is 14.5. The highest BCUT2D eigenvalue weighted by Gasteiger charge is 2.39. The summed E-state index contributed by atoms with van der Waals surface area (Å²) in [5.74, 6) is -3.59. The third-order valence-corrected chi connectivity index (χ3v) is 6.67. The molecule has 0 bridgehead atoms. The van der Waals surface area contributed by atoms with Crippen molar-refractivity contribution in [2.24, 2.45) is 5.92 Å². The van der Waals surface area contributed by atoms with Crippen molar-refractivity contribution in [3.63, 3.8) is 0 Å². The Balaban J connectivity index is 1.80. The van der Waals surface area contributed by atoms with E-state index in [0.717, 1.165) is 17.7 Å². The number of aromatic nitrogens is 1. The molecule has 0 aliphatic carbocycles. The Hall–Kier alpha value is -4.41. The maximum atomic E-state index is 14.5. The van der Waals surface area contributed by atoms with Gasteiger partial charge in [-0.3, -0.25) is 4.79 Å². The number of halogens is 2. The number of carbonyl (C=O) groups is 2. The minimum atomic E-state index is -1.11. The molecule has 1 heterocycles. The van der Waals surface area contributed by atoms with Gasteiger partial charge in [0.25, 0.3) is 5.91 Å². The Bertz CT molecular complexity index is 1370. The Morgan fingerprint density at radius 1 is 1.00 bits per heavy atom. The zero-order valence-electron chi connectivity index (χ0n) is 23.7. The van der Waals surface area contributed by atoms with Gasteiger partial charge in [-0.1, -0.05) is 12.1 Å². The van der Waals surface area contributed by atoms with Crippen molar-refractivity contribution in [3.05, 3.63) is 77.6 Å². The van der Waals surface area contributed by atoms with Gasteiger partial charge < -0.3 is 29.4 Å². The molecular weight excluding hydrogens is 538 g/mol. The van der Waals surface area contributed by atoms with E-state index in [1.807, 2.05) is 12.1 Å². The van der Waals surface area contributed by atoms with Crippen molar-refractivity contribution in [2.75, 3.05) is 14.2 Å². The van der Waals surface area contributed by atoms with Gasteiger partial charge in [-0.15, -0.1) is 0 Å². The summed E-state index contributed by atoms with van der Waals surface area (Å²) in [5.41, 5.74) is -0.553. The van der Waals surface area contributed by atoms with Crippen molar-refractivity contribution in [1.82, 2.24) is 10.3 Å². The Morgan fingerprint density at radius 2 is 1.68 bits per heavy atom. The van der Waals surface area contributed by atoms with Crippen molar-refractivity contribution in [3.8, 4) is 23.0 Å². The molecule has 0 fully saturated rings. The third-order valence-electron chi connectivity index (χ3n) is 6.67. The van der Waals surface area contributed by atoms with Crippen LogP contribution in [0.1, 0.15) is 43.7 Å². The molecule has 1 amide bonds. The fraction of sp³-hybridized carbons (Fsp3) is 0.367. The van der Waals surface area contributed by atoms with Crippen molar-refractivity contribution < 1.29 is 42.4 Å². The molecule has 0 aliphatic heterocycles. The average molecular weight is 573 g/mol. The first-order valence-corrected chi connectivity index (χ1v) is 12.9. The number of esters is 1. The summed E-state index contributed by atoms with van der Waals surface area (Å²) in [5, 5.41) is 12.7. The van der Waals surface area contributed by atoms with Crippen LogP contribution in [0.3, 0.4) is 0 Å². The van der Waals surface area contributed by atoms with E-state index in [-0.39, 0.29) is 17.2 Å². The SMILES string of the molecule is COc1ccc(C[C@@H]([C@H](C)OC(=O)[C@H](C)NC(=O)c2nccc(OC)c2O)C(C)(C)Oc2ccc(F)cc2F)cc1. The standard InChI is InChI=1S/C30H34F2N2O7/c1-17(34-28(36)26-27(35)25(39-6)13-14-33-26)29(37)40-18(2)22(15-19-7-10-21(38-5)11-8-19)30(3,4)41-24-12-9-20(31)16-23(24)32/h7-14,16-18,22,35H,15H2,1-6H3,(H,34,36)/t17-,18-,22-/m0/s1. The molecule has 1 aromatic heterocycles. The number of amides is 1. The first-order valence-electron chi connectivity index (χ1n) is 12.9. The molecule has 0 spiro atoms. The Kier molecular flexibility index (Phi) is 10.1. The summed E-state index contributed by atoms with van der Waals surface area (Å²) < 4.78 is 49.9. The van der Waals surface area contributed by atoms with Crippen molar-refractivity contribution >= 4 is 11.9 Å². The second kappa shape index (κ2) is 13.3. The van der Waals surface area contributed by atoms with E-state index in [2.05, 4.69) is 10.3 Å². The van der Waals surface area contributed by atoms with E-state index < -0.39 is 52.9 Å². The van der Waals surface area contributed by atoms with Gasteiger partial charge in [-0.25, -0.2) is 18.6 Å². The summed E-state index contributed by atoms with van der Waals surface area (Å²) in [6.45, 7) is 6.54. The molecule has 0 aliphatic rings. The number of carbonyl (C=O) groups excluding carboxylic acids is 2. The lowest BCUT2D eigenvalue weighted by atomic mass is 9.81. The lowest BCUT2D eigenvalue weighted by Gasteiger charge is -2.38. The van der Waals surface area contributed by atoms with Crippen molar-refractivity contribution in [1.29, 1.82) is 0 Å². The number of nitrogens with zero attached hydrogens (tertiary/aromatic N) is 1. The summed E-state index contributed by atoms with van der Waals surface area (Å²) >= 11 is 0. The van der Waals surface area contributed by atoms with Gasteiger partial charge in [0.15, 0.2) is 28.8 Å². The van der Waals surface area contributed by atoms with Crippen LogP contribution in [-0.2, 0) is 16.0 Å². The molecule has 0 saturated carbocycles. The van der Waals surface area contributed by atoms with Crippen LogP contribution in [0.5, 0.6) is 23.0 Å². The number of hydrogen-bond acceptors (Lipinski definition) is 8. The van der Waals surface area contributed by atoms with Crippen LogP contribution >= 0.6 is 0 Å². The number of nitrogens with one attached hydrogen (secondary N) is 1. The molecule has 0 saturated heterocycles. The monoisotopic (exact) mass is 572 g/mol. The van der Waals surface area contributed by atoms with Crippen molar-refractivity contribution in [2.45, 2.75) is 51.9 Å². The van der Waals surface area contributed by atoms with Gasteiger partial charge >= 0.3 is 5.97 Å². The van der Waals surface area contributed by atoms with Gasteiger partial charge in [-0.05, 0) is 63.9 Å². The second-order valence-corrected chi connectivity index (χ2v) is 9.99. The molecule has 2 N–H and O–H groups in total. The second-order valence-electron chi connectivity index (χ2n) is 9.99. The van der Waals surface area contributed by atoms with Gasteiger partial charge in [0.1, 0.15) is 29.3 Å². The van der Waals surface area contributed by atoms with Gasteiger partial charge in [-0.2, -0.15) is 0 Å². The first kappa shape index (κ1) is 31.1. The molecule has 3 aromatic rings. The number of aromatic hydroxyl groups is 1. The van der Waals surface area contributed by atoms with Crippen LogP contribution in [0.25, 0.3) is 0 Å². The first-order chi connectivity index (χ1) is 19.4. The lowest BCUT2D eigenvalue weighted by Crippen LogP contribution is -2.48. The summed E-state index contributed by atoms with van der Waals surface area (Å²) in [6.07, 6.45) is 0.857. The highest BCUT2D eigenvalue weighted by Crippen LogP contribution is 2.33. The van der Waals surface area contributed by atoms with Gasteiger partial charge in [0.2, 0.25) is 0 Å². The Morgan fingerprint density at radius 3 is 2.29 bits per heavy atom. The minimum Gasteiger partial charge on any atom is -0.503 e. The predicted molar refractivity (Wildman–Crippen MR) is 146 cm³/mol. The number of hydrogen-bond donors (Lipinski definition) is 2.